The molecule has 2 nitrogen and oxygen atoms in total. The molecule has 0 fully saturated rings. The Labute approximate surface area is 125 Å². The van der Waals surface area contributed by atoms with Crippen LogP contribution < -0.4 is 10.1 Å². The Morgan fingerprint density at radius 3 is 3.00 bits per heavy atom. The van der Waals surface area contributed by atoms with Gasteiger partial charge in [0.2, 0.25) is 0 Å². The largest absolute Gasteiger partial charge is 0.493 e. The molecule has 2 aromatic carbocycles. The van der Waals surface area contributed by atoms with Crippen molar-refractivity contribution >= 4 is 33.2 Å². The Kier molecular flexibility index (Phi) is 3.67. The first-order valence-electron chi connectivity index (χ1n) is 6.16. The molecule has 0 aromatic heterocycles. The average Bonchev–Trinajstić information content (AvgIpc) is 2.87. The molecule has 0 spiro atoms. The minimum Gasteiger partial charge on any atom is -0.493 e. The van der Waals surface area contributed by atoms with Gasteiger partial charge in [-0.25, -0.2) is 0 Å². The lowest BCUT2D eigenvalue weighted by Crippen LogP contribution is -2.00. The third-order valence-corrected chi connectivity index (χ3v) is 4.19. The summed E-state index contributed by atoms with van der Waals surface area (Å²) in [6.07, 6.45) is 0.992. The topological polar surface area (TPSA) is 21.3 Å². The van der Waals surface area contributed by atoms with Crippen LogP contribution in [0, 0.1) is 0 Å². The molecule has 0 amide bonds. The van der Waals surface area contributed by atoms with Gasteiger partial charge < -0.3 is 10.1 Å². The smallest absolute Gasteiger partial charge is 0.122 e. The van der Waals surface area contributed by atoms with Crippen LogP contribution >= 0.6 is 27.5 Å². The van der Waals surface area contributed by atoms with Crippen molar-refractivity contribution in [2.24, 2.45) is 0 Å². The molecule has 1 heterocycles. The Balaban J connectivity index is 1.74. The summed E-state index contributed by atoms with van der Waals surface area (Å²) in [7, 11) is 0. The highest BCUT2D eigenvalue weighted by Crippen LogP contribution is 2.28. The van der Waals surface area contributed by atoms with Crippen LogP contribution in [0.4, 0.5) is 5.69 Å². The van der Waals surface area contributed by atoms with E-state index in [4.69, 9.17) is 16.3 Å². The molecule has 98 valence electrons. The van der Waals surface area contributed by atoms with Crippen molar-refractivity contribution in [3.8, 4) is 5.75 Å². The Morgan fingerprint density at radius 2 is 2.11 bits per heavy atom. The summed E-state index contributed by atoms with van der Waals surface area (Å²) >= 11 is 9.55. The summed E-state index contributed by atoms with van der Waals surface area (Å²) in [5.74, 6) is 1.01. The Hall–Kier alpha value is -1.19. The molecule has 1 aliphatic heterocycles. The van der Waals surface area contributed by atoms with Crippen LogP contribution in [-0.4, -0.2) is 6.61 Å². The summed E-state index contributed by atoms with van der Waals surface area (Å²) in [4.78, 5) is 0. The first-order chi connectivity index (χ1) is 9.22. The van der Waals surface area contributed by atoms with E-state index in [1.54, 1.807) is 0 Å². The van der Waals surface area contributed by atoms with Crippen LogP contribution in [0.5, 0.6) is 5.75 Å². The SMILES string of the molecule is Clc1ccc(Br)c(CNc2ccc3c(c2)CCO3)c1. The highest BCUT2D eigenvalue weighted by Gasteiger charge is 2.11. The molecule has 0 aliphatic carbocycles. The predicted octanol–water partition coefficient (Wildman–Crippen LogP) is 4.65. The molecule has 0 unspecified atom stereocenters. The molecule has 19 heavy (non-hydrogen) atoms. The van der Waals surface area contributed by atoms with Crippen molar-refractivity contribution in [3.63, 3.8) is 0 Å². The number of benzene rings is 2. The van der Waals surface area contributed by atoms with Crippen molar-refractivity contribution in [3.05, 3.63) is 57.0 Å². The lowest BCUT2D eigenvalue weighted by Gasteiger charge is -2.10. The molecule has 2 aromatic rings. The molecule has 0 radical (unpaired) electrons. The first-order valence-corrected chi connectivity index (χ1v) is 7.33. The fourth-order valence-corrected chi connectivity index (χ4v) is 2.75. The van der Waals surface area contributed by atoms with Gasteiger partial charge in [0.25, 0.3) is 0 Å². The highest BCUT2D eigenvalue weighted by atomic mass is 79.9. The van der Waals surface area contributed by atoms with E-state index in [9.17, 15) is 0 Å². The van der Waals surface area contributed by atoms with Gasteiger partial charge in [-0.2, -0.15) is 0 Å². The van der Waals surface area contributed by atoms with E-state index >= 15 is 0 Å². The number of hydrogen-bond acceptors (Lipinski definition) is 2. The van der Waals surface area contributed by atoms with Crippen LogP contribution in [0.3, 0.4) is 0 Å². The van der Waals surface area contributed by atoms with Crippen LogP contribution in [-0.2, 0) is 13.0 Å². The fraction of sp³-hybridized carbons (Fsp3) is 0.200. The zero-order valence-electron chi connectivity index (χ0n) is 10.2. The average molecular weight is 339 g/mol. The van der Waals surface area contributed by atoms with E-state index in [-0.39, 0.29) is 0 Å². The number of nitrogens with one attached hydrogen (secondary N) is 1. The normalized spacial score (nSPS) is 12.9. The molecule has 0 atom stereocenters. The second-order valence-corrected chi connectivity index (χ2v) is 5.80. The molecular weight excluding hydrogens is 326 g/mol. The van der Waals surface area contributed by atoms with Gasteiger partial charge in [-0.1, -0.05) is 27.5 Å². The first kappa shape index (κ1) is 12.8. The molecular formula is C15H13BrClNO. The van der Waals surface area contributed by atoms with Gasteiger partial charge in [0.15, 0.2) is 0 Å². The van der Waals surface area contributed by atoms with Crippen LogP contribution in [0.1, 0.15) is 11.1 Å². The van der Waals surface area contributed by atoms with E-state index in [0.29, 0.717) is 0 Å². The van der Waals surface area contributed by atoms with Crippen molar-refractivity contribution < 1.29 is 4.74 Å². The van der Waals surface area contributed by atoms with Gasteiger partial charge in [-0.3, -0.25) is 0 Å². The van der Waals surface area contributed by atoms with Gasteiger partial charge in [0.1, 0.15) is 5.75 Å². The molecule has 4 heteroatoms. The Morgan fingerprint density at radius 1 is 1.21 bits per heavy atom. The molecule has 0 saturated carbocycles. The van der Waals surface area contributed by atoms with Crippen LogP contribution in [0.2, 0.25) is 5.02 Å². The van der Waals surface area contributed by atoms with Gasteiger partial charge in [0.05, 0.1) is 6.61 Å². The minimum absolute atomic E-state index is 0.737. The molecule has 0 saturated heterocycles. The molecule has 3 rings (SSSR count). The maximum absolute atomic E-state index is 6.01. The summed E-state index contributed by atoms with van der Waals surface area (Å²) in [6.45, 7) is 1.53. The summed E-state index contributed by atoms with van der Waals surface area (Å²) in [5, 5.41) is 4.17. The van der Waals surface area contributed by atoms with E-state index in [1.807, 2.05) is 30.3 Å². The predicted molar refractivity (Wildman–Crippen MR) is 82.1 cm³/mol. The number of hydrogen-bond donors (Lipinski definition) is 1. The summed E-state index contributed by atoms with van der Waals surface area (Å²) < 4.78 is 6.56. The maximum Gasteiger partial charge on any atom is 0.122 e. The van der Waals surface area contributed by atoms with Gasteiger partial charge in [-0.05, 0) is 47.5 Å². The number of anilines is 1. The highest BCUT2D eigenvalue weighted by molar-refractivity contribution is 9.10. The lowest BCUT2D eigenvalue weighted by molar-refractivity contribution is 0.357. The van der Waals surface area contributed by atoms with Crippen molar-refractivity contribution in [1.29, 1.82) is 0 Å². The zero-order chi connectivity index (χ0) is 13.2. The van der Waals surface area contributed by atoms with E-state index < -0.39 is 0 Å². The van der Waals surface area contributed by atoms with Crippen molar-refractivity contribution in [1.82, 2.24) is 0 Å². The molecule has 0 bridgehead atoms. The van der Waals surface area contributed by atoms with Crippen molar-refractivity contribution in [2.75, 3.05) is 11.9 Å². The quantitative estimate of drug-likeness (QED) is 0.879. The van der Waals surface area contributed by atoms with Gasteiger partial charge in [-0.15, -0.1) is 0 Å². The zero-order valence-corrected chi connectivity index (χ0v) is 12.6. The second-order valence-electron chi connectivity index (χ2n) is 4.51. The van der Waals surface area contributed by atoms with Gasteiger partial charge in [0, 0.05) is 28.1 Å². The third-order valence-electron chi connectivity index (χ3n) is 3.18. The van der Waals surface area contributed by atoms with Crippen LogP contribution in [0.25, 0.3) is 0 Å². The van der Waals surface area contributed by atoms with Crippen molar-refractivity contribution in [2.45, 2.75) is 13.0 Å². The van der Waals surface area contributed by atoms with E-state index in [2.05, 4.69) is 27.3 Å². The number of fused-ring (bicyclic) bond motifs is 1. The minimum atomic E-state index is 0.737. The number of halogens is 2. The standard InChI is InChI=1S/C15H13BrClNO/c16-14-3-1-12(17)7-11(14)9-18-13-2-4-15-10(8-13)5-6-19-15/h1-4,7-8,18H,5-6,9H2. The fourth-order valence-electron chi connectivity index (χ4n) is 2.17. The monoisotopic (exact) mass is 337 g/mol. The third kappa shape index (κ3) is 2.88. The number of ether oxygens (including phenoxy) is 1. The second kappa shape index (κ2) is 5.43. The maximum atomic E-state index is 6.01. The summed E-state index contributed by atoms with van der Waals surface area (Å²) in [6, 6.07) is 12.0. The Bertz CT molecular complexity index is 615. The van der Waals surface area contributed by atoms with E-state index in [0.717, 1.165) is 46.1 Å². The summed E-state index contributed by atoms with van der Waals surface area (Å²) in [5.41, 5.74) is 3.52. The number of rotatable bonds is 3. The lowest BCUT2D eigenvalue weighted by atomic mass is 10.1. The van der Waals surface area contributed by atoms with Gasteiger partial charge >= 0.3 is 0 Å². The van der Waals surface area contributed by atoms with Crippen LogP contribution in [0.15, 0.2) is 40.9 Å². The van der Waals surface area contributed by atoms with E-state index in [1.165, 1.54) is 5.56 Å². The molecule has 1 N–H and O–H groups in total. The molecule has 1 aliphatic rings.